The molecule has 2 aromatic rings. The van der Waals surface area contributed by atoms with E-state index in [1.165, 1.54) is 29.2 Å². The van der Waals surface area contributed by atoms with E-state index in [0.717, 1.165) is 22.3 Å². The van der Waals surface area contributed by atoms with Crippen molar-refractivity contribution < 1.29 is 36.7 Å². The van der Waals surface area contributed by atoms with Gasteiger partial charge in [0.2, 0.25) is 5.91 Å². The molecule has 0 spiro atoms. The minimum absolute atomic E-state index is 0.00819. The number of rotatable bonds is 9. The summed E-state index contributed by atoms with van der Waals surface area (Å²) in [7, 11) is 0. The van der Waals surface area contributed by atoms with Crippen LogP contribution in [-0.2, 0) is 14.3 Å². The highest BCUT2D eigenvalue weighted by Gasteiger charge is 2.38. The van der Waals surface area contributed by atoms with Crippen molar-refractivity contribution in [3.63, 3.8) is 0 Å². The number of nitrogens with zero attached hydrogens (tertiary/aromatic N) is 2. The predicted octanol–water partition coefficient (Wildman–Crippen LogP) is 4.55. The summed E-state index contributed by atoms with van der Waals surface area (Å²) in [6.45, 7) is 3.37. The quantitative estimate of drug-likeness (QED) is 0.417. The molecule has 0 bridgehead atoms. The van der Waals surface area contributed by atoms with E-state index in [4.69, 9.17) is 16.3 Å². The molecule has 1 aliphatic heterocycles. The van der Waals surface area contributed by atoms with Gasteiger partial charge in [-0.05, 0) is 35.7 Å². The van der Waals surface area contributed by atoms with Crippen molar-refractivity contribution in [2.24, 2.45) is 5.41 Å². The predicted molar refractivity (Wildman–Crippen MR) is 141 cm³/mol. The maximum Gasteiger partial charge on any atom is 0.401 e. The molecule has 3 rings (SSSR count). The largest absolute Gasteiger partial charge is 0.401 e. The molecule has 14 heteroatoms. The molecule has 1 aromatic heterocycles. The van der Waals surface area contributed by atoms with Gasteiger partial charge < -0.3 is 20.3 Å². The molecule has 1 aromatic carbocycles. The van der Waals surface area contributed by atoms with Crippen molar-refractivity contribution in [3.8, 4) is 0 Å². The fraction of sp³-hybridized carbons (Fsp3) is 0.480. The zero-order valence-electron chi connectivity index (χ0n) is 21.5. The summed E-state index contributed by atoms with van der Waals surface area (Å²) in [4.78, 5) is 40.4. The van der Waals surface area contributed by atoms with Gasteiger partial charge in [-0.25, -0.2) is 4.39 Å². The van der Waals surface area contributed by atoms with Crippen LogP contribution in [0, 0.1) is 11.2 Å². The molecular weight excluding hydrogens is 564 g/mol. The summed E-state index contributed by atoms with van der Waals surface area (Å²) in [5.41, 5.74) is -0.662. The van der Waals surface area contributed by atoms with Gasteiger partial charge >= 0.3 is 6.18 Å². The molecule has 1 fully saturated rings. The normalized spacial score (nSPS) is 15.4. The molecule has 2 heterocycles. The van der Waals surface area contributed by atoms with Gasteiger partial charge in [0, 0.05) is 25.3 Å². The first-order valence-corrected chi connectivity index (χ1v) is 13.2. The van der Waals surface area contributed by atoms with E-state index >= 15 is 0 Å². The number of carbonyl (C=O) groups is 3. The van der Waals surface area contributed by atoms with Gasteiger partial charge in [0.05, 0.1) is 28.1 Å². The Morgan fingerprint density at radius 3 is 2.46 bits per heavy atom. The van der Waals surface area contributed by atoms with Crippen LogP contribution in [0.5, 0.6) is 0 Å². The van der Waals surface area contributed by atoms with Gasteiger partial charge in [-0.3, -0.25) is 19.3 Å². The zero-order chi connectivity index (χ0) is 29.0. The van der Waals surface area contributed by atoms with Gasteiger partial charge in [-0.15, -0.1) is 11.3 Å². The van der Waals surface area contributed by atoms with E-state index in [0.29, 0.717) is 4.34 Å². The fourth-order valence-corrected chi connectivity index (χ4v) is 4.98. The van der Waals surface area contributed by atoms with Crippen molar-refractivity contribution in [2.75, 3.05) is 49.6 Å². The highest BCUT2D eigenvalue weighted by Crippen LogP contribution is 2.27. The third-order valence-electron chi connectivity index (χ3n) is 5.55. The number of ether oxygens (including phenoxy) is 1. The smallest absolute Gasteiger partial charge is 0.370 e. The number of hydrogen-bond donors (Lipinski definition) is 2. The molecule has 0 radical (unpaired) electrons. The number of alkyl halides is 3. The molecule has 0 aliphatic carbocycles. The zero-order valence-corrected chi connectivity index (χ0v) is 23.1. The maximum absolute atomic E-state index is 14.9. The lowest BCUT2D eigenvalue weighted by Gasteiger charge is -2.36. The first kappa shape index (κ1) is 30.8. The third kappa shape index (κ3) is 9.16. The van der Waals surface area contributed by atoms with Crippen molar-refractivity contribution in [3.05, 3.63) is 45.4 Å². The number of thiophene rings is 1. The Kier molecular flexibility index (Phi) is 9.97. The van der Waals surface area contributed by atoms with Gasteiger partial charge in [0.1, 0.15) is 18.5 Å². The lowest BCUT2D eigenvalue weighted by Crippen LogP contribution is -2.55. The number of nitrogens with one attached hydrogen (secondary N) is 2. The number of halogens is 5. The molecule has 0 unspecified atom stereocenters. The van der Waals surface area contributed by atoms with Gasteiger partial charge in [0.15, 0.2) is 0 Å². The highest BCUT2D eigenvalue weighted by atomic mass is 35.5. The Hall–Kier alpha value is -2.74. The Balaban J connectivity index is 1.84. The summed E-state index contributed by atoms with van der Waals surface area (Å²) < 4.78 is 60.9. The van der Waals surface area contributed by atoms with Crippen molar-refractivity contribution in [2.45, 2.75) is 33.0 Å². The number of benzene rings is 1. The maximum atomic E-state index is 14.9. The number of morpholine rings is 1. The first-order valence-electron chi connectivity index (χ1n) is 12.0. The highest BCUT2D eigenvalue weighted by molar-refractivity contribution is 7.18. The van der Waals surface area contributed by atoms with E-state index in [-0.39, 0.29) is 42.6 Å². The summed E-state index contributed by atoms with van der Waals surface area (Å²) in [5, 5.41) is 4.97. The summed E-state index contributed by atoms with van der Waals surface area (Å²) in [6.07, 6.45) is -4.63. The Morgan fingerprint density at radius 1 is 1.18 bits per heavy atom. The van der Waals surface area contributed by atoms with E-state index in [9.17, 15) is 31.9 Å². The van der Waals surface area contributed by atoms with Crippen LogP contribution in [0.2, 0.25) is 4.34 Å². The monoisotopic (exact) mass is 592 g/mol. The Morgan fingerprint density at radius 2 is 1.90 bits per heavy atom. The third-order valence-corrected chi connectivity index (χ3v) is 6.78. The van der Waals surface area contributed by atoms with Crippen molar-refractivity contribution >= 4 is 52.0 Å². The van der Waals surface area contributed by atoms with Crippen molar-refractivity contribution in [1.82, 2.24) is 10.2 Å². The lowest BCUT2D eigenvalue weighted by atomic mass is 9.95. The van der Waals surface area contributed by atoms with Crippen LogP contribution in [0.25, 0.3) is 0 Å². The van der Waals surface area contributed by atoms with Crippen LogP contribution in [0.1, 0.15) is 30.4 Å². The fourth-order valence-electron chi connectivity index (χ4n) is 4.02. The van der Waals surface area contributed by atoms with Crippen LogP contribution < -0.4 is 15.5 Å². The molecule has 1 atom stereocenters. The second-order valence-corrected chi connectivity index (χ2v) is 11.9. The summed E-state index contributed by atoms with van der Waals surface area (Å²) in [5.74, 6) is -2.70. The van der Waals surface area contributed by atoms with Crippen LogP contribution in [0.3, 0.4) is 0 Å². The Labute approximate surface area is 232 Å². The van der Waals surface area contributed by atoms with Crippen molar-refractivity contribution in [1.29, 1.82) is 0 Å². The van der Waals surface area contributed by atoms with Gasteiger partial charge in [0.25, 0.3) is 11.8 Å². The summed E-state index contributed by atoms with van der Waals surface area (Å²) >= 11 is 6.85. The van der Waals surface area contributed by atoms with E-state index in [1.54, 1.807) is 20.8 Å². The molecule has 0 saturated carbocycles. The number of anilines is 2. The standard InChI is InChI=1S/C25H29ClF4N4O4S/c1-24(2,3)13-33(14-25(28,29)30)18(11-31-23(37)19-6-7-20(26)39-19)22(36)32-15-4-5-17(16(27)10-15)34-8-9-38-12-21(34)35/h4-7,10,18H,8-9,11-14H2,1-3H3,(H,31,37)(H,32,36)/t18-/m1/s1. The topological polar surface area (TPSA) is 91.0 Å². The van der Waals surface area contributed by atoms with E-state index in [1.807, 2.05) is 0 Å². The van der Waals surface area contributed by atoms with Gasteiger partial charge in [-0.1, -0.05) is 32.4 Å². The number of amides is 3. The minimum Gasteiger partial charge on any atom is -0.370 e. The number of hydrogen-bond acceptors (Lipinski definition) is 6. The van der Waals surface area contributed by atoms with E-state index < -0.39 is 54.3 Å². The molecular formula is C25H29ClF4N4O4S. The molecule has 39 heavy (non-hydrogen) atoms. The van der Waals surface area contributed by atoms with Gasteiger partial charge in [-0.2, -0.15) is 13.2 Å². The molecule has 214 valence electrons. The second kappa shape index (κ2) is 12.6. The molecule has 2 N–H and O–H groups in total. The molecule has 1 saturated heterocycles. The molecule has 8 nitrogen and oxygen atoms in total. The van der Waals surface area contributed by atoms with Crippen LogP contribution in [-0.4, -0.2) is 74.2 Å². The number of carbonyl (C=O) groups excluding carboxylic acids is 3. The first-order chi connectivity index (χ1) is 18.1. The molecule has 3 amide bonds. The Bertz CT molecular complexity index is 1190. The minimum atomic E-state index is -4.63. The lowest BCUT2D eigenvalue weighted by molar-refractivity contribution is -0.156. The van der Waals surface area contributed by atoms with E-state index in [2.05, 4.69) is 10.6 Å². The average molecular weight is 593 g/mol. The average Bonchev–Trinajstić information content (AvgIpc) is 3.24. The van der Waals surface area contributed by atoms with Crippen LogP contribution >= 0.6 is 22.9 Å². The van der Waals surface area contributed by atoms with Crippen LogP contribution in [0.15, 0.2) is 30.3 Å². The molecule has 1 aliphatic rings. The summed E-state index contributed by atoms with van der Waals surface area (Å²) in [6, 6.07) is 5.15. The SMILES string of the molecule is CC(C)(C)CN(CC(F)(F)F)[C@H](CNC(=O)c1ccc(Cl)s1)C(=O)Nc1ccc(N2CCOCC2=O)c(F)c1. The second-order valence-electron chi connectivity index (χ2n) is 10.2. The van der Waals surface area contributed by atoms with Crippen LogP contribution in [0.4, 0.5) is 28.9 Å².